The average molecular weight is 715 g/mol. The minimum absolute atomic E-state index is 0.836. The molecule has 8 aromatic carbocycles. The second-order valence-electron chi connectivity index (χ2n) is 15.0. The Balaban J connectivity index is 1.12. The molecule has 0 unspecified atom stereocenters. The smallest absolute Gasteiger partial charge is 0.145 e. The summed E-state index contributed by atoms with van der Waals surface area (Å²) in [5.41, 5.74) is 14.6. The van der Waals surface area contributed by atoms with Crippen molar-refractivity contribution in [3.8, 4) is 39.3 Å². The Morgan fingerprint density at radius 3 is 1.70 bits per heavy atom. The van der Waals surface area contributed by atoms with Crippen LogP contribution in [0.2, 0.25) is 0 Å². The standard InChI is InChI=1S/C54H38N2/c1-2-18-45(19-3-1)56-51-24-11-10-23-50(51)55-54(56)39-29-25-38(26-30-39)42-17-12-22-48-49(35-42)53(44-32-28-37-14-5-7-16-41(37)34-44)47-21-9-8-20-46(47)52(48)43-31-27-36-13-4-6-15-40(36)33-43/h1-7,10-16,18-35H,8-9,17H2. The van der Waals surface area contributed by atoms with Crippen LogP contribution >= 0.6 is 0 Å². The van der Waals surface area contributed by atoms with Gasteiger partial charge in [-0.05, 0) is 138 Å². The normalized spacial score (nSPS) is 13.5. The molecule has 0 N–H and O–H groups in total. The van der Waals surface area contributed by atoms with E-state index in [9.17, 15) is 0 Å². The minimum Gasteiger partial charge on any atom is -0.292 e. The van der Waals surface area contributed by atoms with E-state index in [0.29, 0.717) is 0 Å². The summed E-state index contributed by atoms with van der Waals surface area (Å²) in [6.45, 7) is 0. The van der Waals surface area contributed by atoms with E-state index in [1.54, 1.807) is 0 Å². The summed E-state index contributed by atoms with van der Waals surface area (Å²) in [6.07, 6.45) is 15.1. The number of benzene rings is 8. The van der Waals surface area contributed by atoms with Crippen molar-refractivity contribution < 1.29 is 0 Å². The molecule has 2 aliphatic carbocycles. The van der Waals surface area contributed by atoms with Crippen molar-refractivity contribution in [3.05, 3.63) is 197 Å². The van der Waals surface area contributed by atoms with Crippen molar-refractivity contribution in [1.29, 1.82) is 0 Å². The Morgan fingerprint density at radius 1 is 0.464 bits per heavy atom. The van der Waals surface area contributed by atoms with Gasteiger partial charge in [-0.15, -0.1) is 0 Å². The first-order chi connectivity index (χ1) is 27.8. The van der Waals surface area contributed by atoms with Gasteiger partial charge in [0.1, 0.15) is 5.82 Å². The topological polar surface area (TPSA) is 17.8 Å². The quantitative estimate of drug-likeness (QED) is 0.174. The van der Waals surface area contributed by atoms with Gasteiger partial charge >= 0.3 is 0 Å². The predicted octanol–water partition coefficient (Wildman–Crippen LogP) is 12.6. The molecule has 0 saturated carbocycles. The number of hydrogen-bond acceptors (Lipinski definition) is 1. The number of hydrogen-bond donors (Lipinski definition) is 0. The van der Waals surface area contributed by atoms with E-state index in [0.717, 1.165) is 47.4 Å². The highest BCUT2D eigenvalue weighted by Crippen LogP contribution is 2.39. The number of rotatable bonds is 5. The summed E-state index contributed by atoms with van der Waals surface area (Å²) in [5.74, 6) is 0.945. The van der Waals surface area contributed by atoms with Crippen LogP contribution in [0.1, 0.15) is 36.0 Å². The van der Waals surface area contributed by atoms with Crippen molar-refractivity contribution in [2.45, 2.75) is 19.3 Å². The molecule has 0 spiro atoms. The monoisotopic (exact) mass is 714 g/mol. The molecule has 0 aliphatic heterocycles. The van der Waals surface area contributed by atoms with Crippen molar-refractivity contribution >= 4 is 62.5 Å². The molecular weight excluding hydrogens is 677 g/mol. The summed E-state index contributed by atoms with van der Waals surface area (Å²) >= 11 is 0. The van der Waals surface area contributed by atoms with E-state index in [1.807, 2.05) is 0 Å². The molecular formula is C54H38N2. The molecule has 0 radical (unpaired) electrons. The van der Waals surface area contributed by atoms with Gasteiger partial charge in [0.25, 0.3) is 0 Å². The summed E-state index contributed by atoms with van der Waals surface area (Å²) in [7, 11) is 0. The third kappa shape index (κ3) is 5.45. The Bertz CT molecular complexity index is 3200. The van der Waals surface area contributed by atoms with Gasteiger partial charge in [-0.3, -0.25) is 4.57 Å². The maximum atomic E-state index is 5.14. The minimum atomic E-state index is 0.836. The molecule has 0 fully saturated rings. The molecule has 1 aromatic heterocycles. The highest BCUT2D eigenvalue weighted by atomic mass is 15.1. The van der Waals surface area contributed by atoms with E-state index in [1.165, 1.54) is 76.5 Å². The van der Waals surface area contributed by atoms with Crippen molar-refractivity contribution in [2.24, 2.45) is 0 Å². The number of nitrogens with zero attached hydrogens (tertiary/aromatic N) is 2. The van der Waals surface area contributed by atoms with Gasteiger partial charge in [0.15, 0.2) is 0 Å². The van der Waals surface area contributed by atoms with E-state index >= 15 is 0 Å². The molecule has 1 heterocycles. The van der Waals surface area contributed by atoms with Gasteiger partial charge in [-0.2, -0.15) is 0 Å². The second kappa shape index (κ2) is 13.4. The van der Waals surface area contributed by atoms with Crippen LogP contribution in [-0.4, -0.2) is 9.55 Å². The molecule has 264 valence electrons. The summed E-state index contributed by atoms with van der Waals surface area (Å²) in [6, 6.07) is 59.4. The van der Waals surface area contributed by atoms with Gasteiger partial charge in [0, 0.05) is 11.3 Å². The molecule has 0 bridgehead atoms. The number of fused-ring (bicyclic) bond motifs is 5. The van der Waals surface area contributed by atoms with Crippen LogP contribution in [0, 0.1) is 0 Å². The fraction of sp³-hybridized carbons (Fsp3) is 0.0556. The molecule has 0 saturated heterocycles. The van der Waals surface area contributed by atoms with Crippen LogP contribution in [0.5, 0.6) is 0 Å². The third-order valence-electron chi connectivity index (χ3n) is 11.6. The summed E-state index contributed by atoms with van der Waals surface area (Å²) in [4.78, 5) is 5.14. The SMILES string of the molecule is C1=Cc2c(c(-c3ccc4ccccc4c3)c3c(c2-c2ccc4ccccc4c2)=CCCC=3)C=C(c2ccc(-c3nc4ccccc4n3-c3ccccc3)cc2)C1. The van der Waals surface area contributed by atoms with Crippen molar-refractivity contribution in [2.75, 3.05) is 0 Å². The number of para-hydroxylation sites is 3. The first-order valence-electron chi connectivity index (χ1n) is 19.7. The third-order valence-corrected chi connectivity index (χ3v) is 11.6. The molecule has 2 heteroatoms. The van der Waals surface area contributed by atoms with Crippen LogP contribution in [0.25, 0.3) is 102 Å². The maximum Gasteiger partial charge on any atom is 0.145 e. The van der Waals surface area contributed by atoms with E-state index in [2.05, 4.69) is 199 Å². The highest BCUT2D eigenvalue weighted by Gasteiger charge is 2.22. The average Bonchev–Trinajstić information content (AvgIpc) is 3.52. The van der Waals surface area contributed by atoms with E-state index in [-0.39, 0.29) is 0 Å². The maximum absolute atomic E-state index is 5.14. The Morgan fingerprint density at radius 2 is 1.02 bits per heavy atom. The molecule has 2 aliphatic rings. The zero-order chi connectivity index (χ0) is 37.0. The first kappa shape index (κ1) is 32.4. The van der Waals surface area contributed by atoms with E-state index < -0.39 is 0 Å². The van der Waals surface area contributed by atoms with Crippen LogP contribution in [0.4, 0.5) is 0 Å². The van der Waals surface area contributed by atoms with Crippen molar-refractivity contribution in [3.63, 3.8) is 0 Å². The van der Waals surface area contributed by atoms with Crippen LogP contribution < -0.4 is 10.4 Å². The zero-order valence-electron chi connectivity index (χ0n) is 31.0. The fourth-order valence-electron chi connectivity index (χ4n) is 8.97. The van der Waals surface area contributed by atoms with Gasteiger partial charge in [0.05, 0.1) is 11.0 Å². The first-order valence-corrected chi connectivity index (χ1v) is 19.7. The Kier molecular flexibility index (Phi) is 7.74. The molecule has 9 aromatic rings. The number of allylic oxidation sites excluding steroid dienone is 2. The molecule has 56 heavy (non-hydrogen) atoms. The zero-order valence-corrected chi connectivity index (χ0v) is 31.0. The number of imidazole rings is 1. The van der Waals surface area contributed by atoms with Gasteiger partial charge < -0.3 is 0 Å². The molecule has 2 nitrogen and oxygen atoms in total. The van der Waals surface area contributed by atoms with Crippen LogP contribution in [-0.2, 0) is 0 Å². The van der Waals surface area contributed by atoms with E-state index in [4.69, 9.17) is 4.98 Å². The van der Waals surface area contributed by atoms with Crippen LogP contribution in [0.15, 0.2) is 170 Å². The lowest BCUT2D eigenvalue weighted by atomic mass is 9.82. The Hall–Kier alpha value is -7.03. The number of aromatic nitrogens is 2. The van der Waals surface area contributed by atoms with Crippen LogP contribution in [0.3, 0.4) is 0 Å². The lowest BCUT2D eigenvalue weighted by molar-refractivity contribution is 1.10. The summed E-state index contributed by atoms with van der Waals surface area (Å²) in [5, 5.41) is 7.74. The predicted molar refractivity (Wildman–Crippen MR) is 238 cm³/mol. The lowest BCUT2D eigenvalue weighted by Gasteiger charge is -2.21. The van der Waals surface area contributed by atoms with Crippen molar-refractivity contribution in [1.82, 2.24) is 9.55 Å². The summed E-state index contributed by atoms with van der Waals surface area (Å²) < 4.78 is 2.27. The van der Waals surface area contributed by atoms with Gasteiger partial charge in [0.2, 0.25) is 0 Å². The highest BCUT2D eigenvalue weighted by molar-refractivity contribution is 6.00. The molecule has 0 amide bonds. The Labute approximate surface area is 326 Å². The van der Waals surface area contributed by atoms with Gasteiger partial charge in [-0.1, -0.05) is 152 Å². The lowest BCUT2D eigenvalue weighted by Crippen LogP contribution is -2.33. The van der Waals surface area contributed by atoms with Gasteiger partial charge in [-0.25, -0.2) is 4.98 Å². The molecule has 0 atom stereocenters. The molecule has 11 rings (SSSR count). The fourth-order valence-corrected chi connectivity index (χ4v) is 8.97. The second-order valence-corrected chi connectivity index (χ2v) is 15.0. The largest absolute Gasteiger partial charge is 0.292 e.